The van der Waals surface area contributed by atoms with Gasteiger partial charge in [-0.25, -0.2) is 0 Å². The van der Waals surface area contributed by atoms with E-state index in [4.69, 9.17) is 21.1 Å². The Kier molecular flexibility index (Phi) is 7.11. The fourth-order valence-electron chi connectivity index (χ4n) is 1.93. The van der Waals surface area contributed by atoms with E-state index < -0.39 is 33.4 Å². The van der Waals surface area contributed by atoms with Crippen molar-refractivity contribution in [2.75, 3.05) is 6.61 Å². The van der Waals surface area contributed by atoms with Crippen LogP contribution in [0.25, 0.3) is 0 Å². The summed E-state index contributed by atoms with van der Waals surface area (Å²) in [6, 6.07) is 7.20. The van der Waals surface area contributed by atoms with E-state index in [2.05, 4.69) is 4.98 Å². The van der Waals surface area contributed by atoms with Crippen molar-refractivity contribution in [3.63, 3.8) is 0 Å². The second-order valence-corrected chi connectivity index (χ2v) is 7.05. The second-order valence-electron chi connectivity index (χ2n) is 5.32. The summed E-state index contributed by atoms with van der Waals surface area (Å²) in [5.41, 5.74) is -4.77. The highest BCUT2D eigenvalue weighted by molar-refractivity contribution is 8.05. The molecule has 0 saturated carbocycles. The fraction of sp³-hybridized carbons (Fsp3) is 0.235. The normalized spacial score (nSPS) is 12.8. The van der Waals surface area contributed by atoms with E-state index in [0.29, 0.717) is 5.56 Å². The first-order chi connectivity index (χ1) is 12.9. The van der Waals surface area contributed by atoms with Gasteiger partial charge in [0.15, 0.2) is 0 Å². The standard InChI is InChI=1S/C17H12ClF6NO2S/c1-10-7-14(26-6-5-13(18)28-17(22,23)24)25-15(8-10)27-12-4-2-3-11(9-12)16(19,20)21/h2-5,7-9H,6H2,1H3. The third-order valence-electron chi connectivity index (χ3n) is 2.99. The summed E-state index contributed by atoms with van der Waals surface area (Å²) >= 11 is 4.95. The lowest BCUT2D eigenvalue weighted by Gasteiger charge is -2.11. The van der Waals surface area contributed by atoms with Crippen LogP contribution in [0.1, 0.15) is 11.1 Å². The van der Waals surface area contributed by atoms with E-state index in [1.807, 2.05) is 0 Å². The summed E-state index contributed by atoms with van der Waals surface area (Å²) < 4.78 is 84.8. The van der Waals surface area contributed by atoms with Gasteiger partial charge in [-0.05, 0) is 48.5 Å². The maximum absolute atomic E-state index is 12.8. The minimum Gasteiger partial charge on any atom is -0.473 e. The molecule has 2 aromatic rings. The maximum Gasteiger partial charge on any atom is 0.447 e. The van der Waals surface area contributed by atoms with Crippen molar-refractivity contribution >= 4 is 23.4 Å². The van der Waals surface area contributed by atoms with E-state index in [9.17, 15) is 26.3 Å². The molecule has 0 atom stereocenters. The molecule has 0 saturated heterocycles. The van der Waals surface area contributed by atoms with Crippen LogP contribution in [-0.2, 0) is 6.18 Å². The van der Waals surface area contributed by atoms with E-state index in [1.54, 1.807) is 6.92 Å². The molecule has 0 unspecified atom stereocenters. The van der Waals surface area contributed by atoms with Gasteiger partial charge in [-0.2, -0.15) is 31.3 Å². The lowest BCUT2D eigenvalue weighted by atomic mass is 10.2. The van der Waals surface area contributed by atoms with Crippen molar-refractivity contribution < 1.29 is 35.8 Å². The number of nitrogens with zero attached hydrogens (tertiary/aromatic N) is 1. The van der Waals surface area contributed by atoms with Gasteiger partial charge in [0.25, 0.3) is 0 Å². The topological polar surface area (TPSA) is 31.4 Å². The summed E-state index contributed by atoms with van der Waals surface area (Å²) in [6.45, 7) is 1.37. The summed E-state index contributed by atoms with van der Waals surface area (Å²) in [4.78, 5) is 3.97. The van der Waals surface area contributed by atoms with Crippen LogP contribution in [-0.4, -0.2) is 17.1 Å². The predicted octanol–water partition coefficient (Wildman–Crippen LogP) is 6.91. The number of benzene rings is 1. The molecule has 0 amide bonds. The molecule has 1 aromatic carbocycles. The number of rotatable bonds is 6. The molecule has 28 heavy (non-hydrogen) atoms. The summed E-state index contributed by atoms with van der Waals surface area (Å²) in [5, 5.41) is 0. The average molecular weight is 444 g/mol. The molecule has 0 aliphatic carbocycles. The van der Waals surface area contributed by atoms with Gasteiger partial charge in [0.1, 0.15) is 12.4 Å². The van der Waals surface area contributed by atoms with Crippen molar-refractivity contribution in [2.24, 2.45) is 0 Å². The first kappa shape index (κ1) is 22.2. The smallest absolute Gasteiger partial charge is 0.447 e. The molecule has 152 valence electrons. The van der Waals surface area contributed by atoms with Gasteiger partial charge >= 0.3 is 11.7 Å². The highest BCUT2D eigenvalue weighted by Gasteiger charge is 2.31. The number of aromatic nitrogens is 1. The number of thioether (sulfide) groups is 1. The second kappa shape index (κ2) is 8.95. The molecule has 2 rings (SSSR count). The predicted molar refractivity (Wildman–Crippen MR) is 93.6 cm³/mol. The summed E-state index contributed by atoms with van der Waals surface area (Å²) in [7, 11) is 0. The third-order valence-corrected chi connectivity index (χ3v) is 3.97. The Hall–Kier alpha value is -2.07. The lowest BCUT2D eigenvalue weighted by molar-refractivity contribution is -0.137. The summed E-state index contributed by atoms with van der Waals surface area (Å²) in [6.07, 6.45) is -3.51. The molecule has 0 spiro atoms. The number of hydrogen-bond acceptors (Lipinski definition) is 4. The molecule has 0 N–H and O–H groups in total. The molecular weight excluding hydrogens is 432 g/mol. The molecule has 0 aliphatic rings. The molecule has 1 aromatic heterocycles. The van der Waals surface area contributed by atoms with Gasteiger partial charge in [-0.3, -0.25) is 0 Å². The van der Waals surface area contributed by atoms with Crippen LogP contribution < -0.4 is 9.47 Å². The quantitative estimate of drug-likeness (QED) is 0.454. The number of alkyl halides is 6. The highest BCUT2D eigenvalue weighted by atomic mass is 35.5. The molecular formula is C17H12ClF6NO2S. The molecule has 0 aliphatic heterocycles. The first-order valence-corrected chi connectivity index (χ1v) is 8.70. The van der Waals surface area contributed by atoms with Crippen LogP contribution in [0.2, 0.25) is 0 Å². The van der Waals surface area contributed by atoms with Crippen molar-refractivity contribution in [1.82, 2.24) is 4.98 Å². The number of aryl methyl sites for hydroxylation is 1. The van der Waals surface area contributed by atoms with Gasteiger partial charge in [0.05, 0.1) is 9.93 Å². The molecule has 0 fully saturated rings. The van der Waals surface area contributed by atoms with E-state index in [0.717, 1.165) is 18.2 Å². The van der Waals surface area contributed by atoms with Crippen LogP contribution in [0, 0.1) is 6.92 Å². The van der Waals surface area contributed by atoms with Crippen LogP contribution in [0.5, 0.6) is 17.5 Å². The number of halogens is 7. The Bertz CT molecular complexity index is 854. The minimum atomic E-state index is -4.52. The Morgan fingerprint density at radius 1 is 1.11 bits per heavy atom. The monoisotopic (exact) mass is 443 g/mol. The maximum atomic E-state index is 12.8. The van der Waals surface area contributed by atoms with Crippen molar-refractivity contribution in [1.29, 1.82) is 0 Å². The summed E-state index contributed by atoms with van der Waals surface area (Å²) in [5.74, 6) is -0.0999. The minimum absolute atomic E-state index is 0.0136. The third kappa shape index (κ3) is 7.51. The van der Waals surface area contributed by atoms with Crippen LogP contribution in [0.4, 0.5) is 26.3 Å². The first-order valence-electron chi connectivity index (χ1n) is 7.50. The molecule has 0 bridgehead atoms. The van der Waals surface area contributed by atoms with Crippen molar-refractivity contribution in [2.45, 2.75) is 18.6 Å². The highest BCUT2D eigenvalue weighted by Crippen LogP contribution is 2.38. The largest absolute Gasteiger partial charge is 0.473 e. The molecule has 3 nitrogen and oxygen atoms in total. The molecule has 1 heterocycles. The zero-order valence-corrected chi connectivity index (χ0v) is 15.6. The Balaban J connectivity index is 2.08. The Labute approximate surface area is 165 Å². The lowest BCUT2D eigenvalue weighted by Crippen LogP contribution is -2.04. The Morgan fingerprint density at radius 3 is 2.43 bits per heavy atom. The van der Waals surface area contributed by atoms with E-state index >= 15 is 0 Å². The van der Waals surface area contributed by atoms with Crippen LogP contribution >= 0.6 is 23.4 Å². The number of hydrogen-bond donors (Lipinski definition) is 0. The number of ether oxygens (including phenoxy) is 2. The molecule has 11 heteroatoms. The Morgan fingerprint density at radius 2 is 1.79 bits per heavy atom. The van der Waals surface area contributed by atoms with E-state index in [1.165, 1.54) is 24.3 Å². The molecule has 0 radical (unpaired) electrons. The fourth-order valence-corrected chi connectivity index (χ4v) is 2.63. The number of pyridine rings is 1. The zero-order chi connectivity index (χ0) is 20.9. The van der Waals surface area contributed by atoms with Gasteiger partial charge in [-0.15, -0.1) is 0 Å². The van der Waals surface area contributed by atoms with Crippen LogP contribution in [0.3, 0.4) is 0 Å². The van der Waals surface area contributed by atoms with Gasteiger partial charge in [0, 0.05) is 12.1 Å². The van der Waals surface area contributed by atoms with Gasteiger partial charge < -0.3 is 9.47 Å². The van der Waals surface area contributed by atoms with Crippen LogP contribution in [0.15, 0.2) is 46.8 Å². The van der Waals surface area contributed by atoms with Gasteiger partial charge in [0.2, 0.25) is 11.8 Å². The van der Waals surface area contributed by atoms with Crippen molar-refractivity contribution in [3.05, 3.63) is 58.0 Å². The van der Waals surface area contributed by atoms with Crippen molar-refractivity contribution in [3.8, 4) is 17.5 Å². The zero-order valence-electron chi connectivity index (χ0n) is 14.1. The SMILES string of the molecule is Cc1cc(OCC=C(Cl)SC(F)(F)F)nc(Oc2cccc(C(F)(F)F)c2)c1. The van der Waals surface area contributed by atoms with Gasteiger partial charge in [-0.1, -0.05) is 17.7 Å². The van der Waals surface area contributed by atoms with E-state index in [-0.39, 0.29) is 24.1 Å². The average Bonchev–Trinajstić information content (AvgIpc) is 2.52.